The van der Waals surface area contributed by atoms with Crippen LogP contribution in [0, 0.1) is 13.8 Å². The van der Waals surface area contributed by atoms with Gasteiger partial charge in [0.2, 0.25) is 5.91 Å². The number of carbonyl (C=O) groups excluding carboxylic acids is 1. The van der Waals surface area contributed by atoms with E-state index in [1.54, 1.807) is 11.8 Å². The largest absolute Gasteiger partial charge is 0.343 e. The SMILES string of the molecule is Cc1ccccc1SCCC(=O)N1CCC(c2nc(-c3ccc(Br)cc3)c(C)s2)CC1. The minimum Gasteiger partial charge on any atom is -0.343 e. The summed E-state index contributed by atoms with van der Waals surface area (Å²) in [7, 11) is 0. The molecule has 0 spiro atoms. The van der Waals surface area contributed by atoms with Crippen molar-refractivity contribution in [1.82, 2.24) is 9.88 Å². The van der Waals surface area contributed by atoms with Crippen LogP contribution in [0.25, 0.3) is 11.3 Å². The number of aryl methyl sites for hydroxylation is 2. The topological polar surface area (TPSA) is 33.2 Å². The van der Waals surface area contributed by atoms with E-state index >= 15 is 0 Å². The number of rotatable bonds is 6. The monoisotopic (exact) mass is 514 g/mol. The number of likely N-dealkylation sites (tertiary alicyclic amines) is 1. The molecule has 3 nitrogen and oxygen atoms in total. The predicted octanol–water partition coefficient (Wildman–Crippen LogP) is 7.08. The third kappa shape index (κ3) is 5.60. The highest BCUT2D eigenvalue weighted by atomic mass is 79.9. The molecule has 162 valence electrons. The normalized spacial score (nSPS) is 14.7. The van der Waals surface area contributed by atoms with Crippen LogP contribution in [0.2, 0.25) is 0 Å². The molecular weight excluding hydrogens is 488 g/mol. The summed E-state index contributed by atoms with van der Waals surface area (Å²) in [4.78, 5) is 22.3. The molecule has 0 saturated carbocycles. The molecular formula is C25H27BrN2OS2. The van der Waals surface area contributed by atoms with Crippen molar-refractivity contribution in [2.75, 3.05) is 18.8 Å². The number of nitrogens with zero attached hydrogens (tertiary/aromatic N) is 2. The summed E-state index contributed by atoms with van der Waals surface area (Å²) < 4.78 is 1.08. The van der Waals surface area contributed by atoms with Crippen molar-refractivity contribution in [2.24, 2.45) is 0 Å². The average Bonchev–Trinajstić information content (AvgIpc) is 3.17. The van der Waals surface area contributed by atoms with Crippen LogP contribution in [-0.4, -0.2) is 34.6 Å². The van der Waals surface area contributed by atoms with E-state index in [9.17, 15) is 4.79 Å². The number of hydrogen-bond donors (Lipinski definition) is 0. The van der Waals surface area contributed by atoms with Gasteiger partial charge in [-0.3, -0.25) is 4.79 Å². The van der Waals surface area contributed by atoms with E-state index < -0.39 is 0 Å². The van der Waals surface area contributed by atoms with Gasteiger partial charge in [0, 0.05) is 51.0 Å². The van der Waals surface area contributed by atoms with Gasteiger partial charge in [0.25, 0.3) is 0 Å². The van der Waals surface area contributed by atoms with Crippen molar-refractivity contribution in [3.8, 4) is 11.3 Å². The number of piperidine rings is 1. The zero-order chi connectivity index (χ0) is 21.8. The number of halogens is 1. The van der Waals surface area contributed by atoms with E-state index in [1.165, 1.54) is 25.9 Å². The lowest BCUT2D eigenvalue weighted by molar-refractivity contribution is -0.131. The van der Waals surface area contributed by atoms with E-state index in [4.69, 9.17) is 4.98 Å². The van der Waals surface area contributed by atoms with E-state index in [0.29, 0.717) is 12.3 Å². The Morgan fingerprint density at radius 2 is 1.84 bits per heavy atom. The van der Waals surface area contributed by atoms with Gasteiger partial charge in [0.1, 0.15) is 0 Å². The van der Waals surface area contributed by atoms with Crippen LogP contribution < -0.4 is 0 Å². The molecule has 1 aromatic heterocycles. The first kappa shape index (κ1) is 22.6. The summed E-state index contributed by atoms with van der Waals surface area (Å²) in [5, 5.41) is 1.22. The molecule has 0 atom stereocenters. The lowest BCUT2D eigenvalue weighted by Crippen LogP contribution is -2.38. The van der Waals surface area contributed by atoms with Crippen LogP contribution in [0.5, 0.6) is 0 Å². The van der Waals surface area contributed by atoms with Gasteiger partial charge in [-0.05, 0) is 50.5 Å². The number of thioether (sulfide) groups is 1. The van der Waals surface area contributed by atoms with Gasteiger partial charge in [0.05, 0.1) is 10.7 Å². The highest BCUT2D eigenvalue weighted by Gasteiger charge is 2.26. The molecule has 0 N–H and O–H groups in total. The molecule has 1 saturated heterocycles. The summed E-state index contributed by atoms with van der Waals surface area (Å²) in [5.74, 6) is 1.58. The first-order valence-corrected chi connectivity index (χ1v) is 13.3. The Hall–Kier alpha value is -1.63. The smallest absolute Gasteiger partial charge is 0.223 e. The van der Waals surface area contributed by atoms with Gasteiger partial charge in [-0.25, -0.2) is 4.98 Å². The Bertz CT molecular complexity index is 1040. The summed E-state index contributed by atoms with van der Waals surface area (Å²) in [6.45, 7) is 5.95. The molecule has 6 heteroatoms. The second-order valence-corrected chi connectivity index (χ2v) is 11.3. The zero-order valence-electron chi connectivity index (χ0n) is 17.9. The van der Waals surface area contributed by atoms with Crippen LogP contribution in [0.4, 0.5) is 0 Å². The lowest BCUT2D eigenvalue weighted by atomic mass is 9.97. The molecule has 1 aliphatic rings. The molecule has 0 unspecified atom stereocenters. The van der Waals surface area contributed by atoms with E-state index in [0.717, 1.165) is 41.9 Å². The summed E-state index contributed by atoms with van der Waals surface area (Å²) >= 11 is 7.09. The van der Waals surface area contributed by atoms with Crippen molar-refractivity contribution in [3.05, 3.63) is 68.5 Å². The fourth-order valence-electron chi connectivity index (χ4n) is 3.97. The molecule has 2 aromatic carbocycles. The molecule has 1 amide bonds. The number of hydrogen-bond acceptors (Lipinski definition) is 4. The van der Waals surface area contributed by atoms with Crippen molar-refractivity contribution in [3.63, 3.8) is 0 Å². The fraction of sp³-hybridized carbons (Fsp3) is 0.360. The van der Waals surface area contributed by atoms with E-state index in [-0.39, 0.29) is 5.91 Å². The highest BCUT2D eigenvalue weighted by Crippen LogP contribution is 2.36. The third-order valence-corrected chi connectivity index (χ3v) is 8.63. The highest BCUT2D eigenvalue weighted by molar-refractivity contribution is 9.10. The molecule has 0 aliphatic carbocycles. The zero-order valence-corrected chi connectivity index (χ0v) is 21.2. The minimum absolute atomic E-state index is 0.283. The number of benzene rings is 2. The summed E-state index contributed by atoms with van der Waals surface area (Å²) in [5.41, 5.74) is 3.54. The molecule has 0 bridgehead atoms. The molecule has 4 rings (SSSR count). The van der Waals surface area contributed by atoms with Crippen LogP contribution in [0.3, 0.4) is 0 Å². The van der Waals surface area contributed by atoms with Gasteiger partial charge in [0.15, 0.2) is 0 Å². The Morgan fingerprint density at radius 3 is 2.55 bits per heavy atom. The number of carbonyl (C=O) groups is 1. The van der Waals surface area contributed by atoms with Crippen molar-refractivity contribution in [2.45, 2.75) is 43.9 Å². The number of amides is 1. The van der Waals surface area contributed by atoms with Gasteiger partial charge >= 0.3 is 0 Å². The Balaban J connectivity index is 1.29. The maximum Gasteiger partial charge on any atom is 0.223 e. The van der Waals surface area contributed by atoms with Gasteiger partial charge in [-0.1, -0.05) is 46.3 Å². The molecule has 1 aliphatic heterocycles. The van der Waals surface area contributed by atoms with Crippen LogP contribution in [-0.2, 0) is 4.79 Å². The fourth-order valence-corrected chi connectivity index (χ4v) is 6.31. The summed E-state index contributed by atoms with van der Waals surface area (Å²) in [6.07, 6.45) is 2.61. The van der Waals surface area contributed by atoms with Crippen LogP contribution in [0.1, 0.15) is 40.6 Å². The third-order valence-electron chi connectivity index (χ3n) is 5.79. The van der Waals surface area contributed by atoms with Gasteiger partial charge in [-0.2, -0.15) is 0 Å². The Morgan fingerprint density at radius 1 is 1.13 bits per heavy atom. The lowest BCUT2D eigenvalue weighted by Gasteiger charge is -2.31. The standard InChI is InChI=1S/C25H27BrN2OS2/c1-17-5-3-4-6-22(17)30-16-13-23(29)28-14-11-20(12-15-28)25-27-24(18(2)31-25)19-7-9-21(26)10-8-19/h3-10,20H,11-16H2,1-2H3. The van der Waals surface area contributed by atoms with Crippen LogP contribution in [0.15, 0.2) is 57.9 Å². The van der Waals surface area contributed by atoms with Gasteiger partial charge in [-0.15, -0.1) is 23.1 Å². The first-order chi connectivity index (χ1) is 15.0. The second kappa shape index (κ2) is 10.3. The Labute approximate surface area is 201 Å². The quantitative estimate of drug-likeness (QED) is 0.329. The van der Waals surface area contributed by atoms with Crippen molar-refractivity contribution >= 4 is 44.9 Å². The number of aromatic nitrogens is 1. The average molecular weight is 516 g/mol. The molecule has 3 aromatic rings. The number of thiazole rings is 1. The minimum atomic E-state index is 0.283. The summed E-state index contributed by atoms with van der Waals surface area (Å²) in [6, 6.07) is 16.7. The van der Waals surface area contributed by atoms with Gasteiger partial charge < -0.3 is 4.90 Å². The second-order valence-electron chi connectivity index (χ2n) is 7.98. The Kier molecular flexibility index (Phi) is 7.51. The predicted molar refractivity (Wildman–Crippen MR) is 135 cm³/mol. The van der Waals surface area contributed by atoms with E-state index in [1.807, 2.05) is 16.2 Å². The molecule has 1 fully saturated rings. The van der Waals surface area contributed by atoms with Crippen molar-refractivity contribution in [1.29, 1.82) is 0 Å². The molecule has 2 heterocycles. The maximum atomic E-state index is 12.7. The van der Waals surface area contributed by atoms with Crippen LogP contribution >= 0.6 is 39.0 Å². The maximum absolute atomic E-state index is 12.7. The van der Waals surface area contributed by atoms with Crippen molar-refractivity contribution < 1.29 is 4.79 Å². The molecule has 0 radical (unpaired) electrons. The first-order valence-electron chi connectivity index (χ1n) is 10.7. The molecule has 31 heavy (non-hydrogen) atoms. The van der Waals surface area contributed by atoms with E-state index in [2.05, 4.69) is 78.3 Å².